The van der Waals surface area contributed by atoms with Crippen molar-refractivity contribution in [1.29, 1.82) is 5.26 Å². The van der Waals surface area contributed by atoms with Crippen LogP contribution in [-0.2, 0) is 17.7 Å². The molecule has 3 aromatic carbocycles. The number of hydrogen-bond acceptors (Lipinski definition) is 7. The van der Waals surface area contributed by atoms with E-state index in [-0.39, 0.29) is 24.1 Å². The van der Waals surface area contributed by atoms with Crippen LogP contribution in [0.15, 0.2) is 83.3 Å². The maximum atomic E-state index is 13.8. The van der Waals surface area contributed by atoms with Crippen LogP contribution in [-0.4, -0.2) is 54.7 Å². The number of furan rings is 1. The van der Waals surface area contributed by atoms with Gasteiger partial charge in [-0.25, -0.2) is 4.79 Å². The zero-order valence-corrected chi connectivity index (χ0v) is 31.6. The summed E-state index contributed by atoms with van der Waals surface area (Å²) >= 11 is 6.60. The molecule has 0 aliphatic carbocycles. The number of carbonyl (C=O) groups excluding carboxylic acids is 2. The molecule has 0 bridgehead atoms. The van der Waals surface area contributed by atoms with Gasteiger partial charge in [0.1, 0.15) is 17.1 Å². The molecular formula is C42H50ClN5O4. The van der Waals surface area contributed by atoms with Crippen molar-refractivity contribution in [2.45, 2.75) is 78.1 Å². The summed E-state index contributed by atoms with van der Waals surface area (Å²) in [4.78, 5) is 28.1. The number of hydrogen-bond donors (Lipinski definition) is 3. The van der Waals surface area contributed by atoms with E-state index in [0.717, 1.165) is 36.3 Å². The SMILES string of the molecule is Cc1ccc(C(C)NCc2ccc(-c3ccc(Cl)c(C(=O)NC(CNCC4CCN(C(=O)OC(C)(C)C)CC4)Cc4ccc(C#N)cc4)c3)o2)cc1. The minimum Gasteiger partial charge on any atom is -0.460 e. The summed E-state index contributed by atoms with van der Waals surface area (Å²) < 4.78 is 11.7. The van der Waals surface area contributed by atoms with E-state index < -0.39 is 5.60 Å². The third-order valence-corrected chi connectivity index (χ3v) is 9.64. The summed E-state index contributed by atoms with van der Waals surface area (Å²) in [6.45, 7) is 13.0. The van der Waals surface area contributed by atoms with E-state index in [1.807, 2.05) is 51.1 Å². The van der Waals surface area contributed by atoms with Crippen LogP contribution in [0.3, 0.4) is 0 Å². The lowest BCUT2D eigenvalue weighted by atomic mass is 9.96. The molecule has 2 amide bonds. The van der Waals surface area contributed by atoms with Gasteiger partial charge in [-0.3, -0.25) is 4.79 Å². The van der Waals surface area contributed by atoms with Gasteiger partial charge in [-0.05, 0) is 120 Å². The highest BCUT2D eigenvalue weighted by Crippen LogP contribution is 2.28. The number of aryl methyl sites for hydroxylation is 1. The van der Waals surface area contributed by atoms with Crippen molar-refractivity contribution < 1.29 is 18.7 Å². The summed E-state index contributed by atoms with van der Waals surface area (Å²) in [6, 6.07) is 27.2. The molecule has 0 radical (unpaired) electrons. The second kappa shape index (κ2) is 17.7. The molecule has 1 aliphatic rings. The monoisotopic (exact) mass is 723 g/mol. The van der Waals surface area contributed by atoms with Crippen LogP contribution < -0.4 is 16.0 Å². The second-order valence-corrected chi connectivity index (χ2v) is 15.1. The highest BCUT2D eigenvalue weighted by Gasteiger charge is 2.27. The Kier molecular flexibility index (Phi) is 13.2. The van der Waals surface area contributed by atoms with E-state index >= 15 is 0 Å². The van der Waals surface area contributed by atoms with Crippen molar-refractivity contribution in [2.24, 2.45) is 5.92 Å². The number of amides is 2. The van der Waals surface area contributed by atoms with Gasteiger partial charge in [0.2, 0.25) is 0 Å². The third kappa shape index (κ3) is 11.2. The van der Waals surface area contributed by atoms with E-state index in [1.54, 1.807) is 29.2 Å². The van der Waals surface area contributed by atoms with Crippen molar-refractivity contribution in [3.05, 3.63) is 117 Å². The van der Waals surface area contributed by atoms with E-state index in [0.29, 0.717) is 60.4 Å². The zero-order chi connectivity index (χ0) is 37.3. The molecule has 274 valence electrons. The average Bonchev–Trinajstić information content (AvgIpc) is 3.60. The summed E-state index contributed by atoms with van der Waals surface area (Å²) in [5.74, 6) is 1.56. The first-order valence-corrected chi connectivity index (χ1v) is 18.4. The van der Waals surface area contributed by atoms with Gasteiger partial charge in [0.05, 0.1) is 28.8 Å². The number of piperidine rings is 1. The number of nitriles is 1. The molecule has 1 aliphatic heterocycles. The molecule has 0 saturated carbocycles. The Morgan fingerprint density at radius 2 is 1.73 bits per heavy atom. The van der Waals surface area contributed by atoms with Crippen molar-refractivity contribution in [3.63, 3.8) is 0 Å². The molecule has 2 unspecified atom stereocenters. The van der Waals surface area contributed by atoms with Gasteiger partial charge in [-0.1, -0.05) is 53.6 Å². The fraction of sp³-hybridized carbons (Fsp3) is 0.405. The number of carbonyl (C=O) groups is 2. The van der Waals surface area contributed by atoms with Gasteiger partial charge in [-0.2, -0.15) is 5.26 Å². The smallest absolute Gasteiger partial charge is 0.410 e. The van der Waals surface area contributed by atoms with Gasteiger partial charge in [0.25, 0.3) is 5.91 Å². The van der Waals surface area contributed by atoms with E-state index in [9.17, 15) is 14.9 Å². The van der Waals surface area contributed by atoms with Gasteiger partial charge in [-0.15, -0.1) is 0 Å². The first-order valence-electron chi connectivity index (χ1n) is 18.0. The first-order chi connectivity index (χ1) is 24.9. The fourth-order valence-corrected chi connectivity index (χ4v) is 6.46. The summed E-state index contributed by atoms with van der Waals surface area (Å²) in [7, 11) is 0. The highest BCUT2D eigenvalue weighted by molar-refractivity contribution is 6.34. The summed E-state index contributed by atoms with van der Waals surface area (Å²) in [5.41, 5.74) is 4.63. The predicted molar refractivity (Wildman–Crippen MR) is 205 cm³/mol. The molecule has 9 nitrogen and oxygen atoms in total. The van der Waals surface area contributed by atoms with Crippen LogP contribution in [0.1, 0.15) is 85.0 Å². The van der Waals surface area contributed by atoms with Gasteiger partial charge in [0, 0.05) is 37.3 Å². The number of nitrogens with one attached hydrogen (secondary N) is 3. The molecule has 2 atom stereocenters. The molecule has 1 saturated heterocycles. The van der Waals surface area contributed by atoms with Crippen molar-refractivity contribution >= 4 is 23.6 Å². The van der Waals surface area contributed by atoms with Gasteiger partial charge < -0.3 is 30.0 Å². The normalized spacial score (nSPS) is 14.8. The van der Waals surface area contributed by atoms with E-state index in [1.165, 1.54) is 11.1 Å². The Labute approximate surface area is 312 Å². The molecule has 3 N–H and O–H groups in total. The Bertz CT molecular complexity index is 1830. The standard InChI is InChI=1S/C42H50ClN5O4/c1-28-6-12-33(13-7-28)29(2)46-27-36-15-17-39(51-36)34-14-16-38(43)37(23-34)40(49)47-35(22-30-8-10-31(24-44)11-9-30)26-45-25-32-18-20-48(21-19-32)41(50)52-42(3,4)5/h6-17,23,29,32,35,45-46H,18-22,25-27H2,1-5H3,(H,47,49). The maximum absolute atomic E-state index is 13.8. The van der Waals surface area contributed by atoms with Crippen LogP contribution in [0, 0.1) is 24.2 Å². The number of rotatable bonds is 13. The van der Waals surface area contributed by atoms with Gasteiger partial charge in [0.15, 0.2) is 0 Å². The molecule has 4 aromatic rings. The maximum Gasteiger partial charge on any atom is 0.410 e. The zero-order valence-electron chi connectivity index (χ0n) is 30.8. The first kappa shape index (κ1) is 38.6. The minimum atomic E-state index is -0.517. The lowest BCUT2D eigenvalue weighted by Crippen LogP contribution is -2.46. The highest BCUT2D eigenvalue weighted by atomic mass is 35.5. The lowest BCUT2D eigenvalue weighted by molar-refractivity contribution is 0.0184. The minimum absolute atomic E-state index is 0.156. The van der Waals surface area contributed by atoms with E-state index in [4.69, 9.17) is 20.8 Å². The number of likely N-dealkylation sites (tertiary alicyclic amines) is 1. The topological polar surface area (TPSA) is 120 Å². The van der Waals surface area contributed by atoms with Crippen LogP contribution in [0.5, 0.6) is 0 Å². The quantitative estimate of drug-likeness (QED) is 0.127. The largest absolute Gasteiger partial charge is 0.460 e. The molecule has 52 heavy (non-hydrogen) atoms. The fourth-order valence-electron chi connectivity index (χ4n) is 6.25. The lowest BCUT2D eigenvalue weighted by Gasteiger charge is -2.33. The molecular weight excluding hydrogens is 674 g/mol. The molecule has 1 fully saturated rings. The molecule has 10 heteroatoms. The van der Waals surface area contributed by atoms with Crippen LogP contribution in [0.25, 0.3) is 11.3 Å². The van der Waals surface area contributed by atoms with E-state index in [2.05, 4.69) is 60.1 Å². The van der Waals surface area contributed by atoms with Crippen LogP contribution in [0.2, 0.25) is 5.02 Å². The molecule has 1 aromatic heterocycles. The number of ether oxygens (including phenoxy) is 1. The Morgan fingerprint density at radius 1 is 1.02 bits per heavy atom. The average molecular weight is 724 g/mol. The number of halogens is 1. The Balaban J connectivity index is 1.20. The summed E-state index contributed by atoms with van der Waals surface area (Å²) in [6.07, 6.45) is 2.05. The number of benzene rings is 3. The molecule has 2 heterocycles. The van der Waals surface area contributed by atoms with Crippen LogP contribution in [0.4, 0.5) is 4.79 Å². The second-order valence-electron chi connectivity index (χ2n) is 14.7. The van der Waals surface area contributed by atoms with Crippen molar-refractivity contribution in [3.8, 4) is 17.4 Å². The molecule has 5 rings (SSSR count). The van der Waals surface area contributed by atoms with Gasteiger partial charge >= 0.3 is 6.09 Å². The Morgan fingerprint density at radius 3 is 2.40 bits per heavy atom. The predicted octanol–water partition coefficient (Wildman–Crippen LogP) is 8.21. The Hall–Kier alpha value is -4.62. The summed E-state index contributed by atoms with van der Waals surface area (Å²) in [5, 5.41) is 19.9. The van der Waals surface area contributed by atoms with Crippen molar-refractivity contribution in [2.75, 3.05) is 26.2 Å². The van der Waals surface area contributed by atoms with Crippen LogP contribution >= 0.6 is 11.6 Å². The number of nitrogens with zero attached hydrogens (tertiary/aromatic N) is 2. The molecule has 0 spiro atoms. The third-order valence-electron chi connectivity index (χ3n) is 9.31. The van der Waals surface area contributed by atoms with Crippen molar-refractivity contribution in [1.82, 2.24) is 20.9 Å².